The van der Waals surface area contributed by atoms with Crippen LogP contribution in [0.3, 0.4) is 0 Å². The first kappa shape index (κ1) is 19.3. The molecule has 1 aliphatic rings. The minimum absolute atomic E-state index is 0.125. The molecule has 0 radical (unpaired) electrons. The van der Waals surface area contributed by atoms with Gasteiger partial charge < -0.3 is 26.2 Å². The highest BCUT2D eigenvalue weighted by atomic mass is 16.5. The van der Waals surface area contributed by atoms with Gasteiger partial charge in [0.15, 0.2) is 5.82 Å². The first-order valence-corrected chi connectivity index (χ1v) is 9.69. The number of nitrogen functional groups attached to an aromatic ring is 2. The fourth-order valence-electron chi connectivity index (χ4n) is 3.95. The topological polar surface area (TPSA) is 141 Å². The van der Waals surface area contributed by atoms with Crippen LogP contribution in [0.25, 0.3) is 11.0 Å². The molecule has 5 N–H and O–H groups in total. The number of β-amino-alcohol motifs (C(OH)–C–C–N with tert-alkyl or cyclic N) is 1. The van der Waals surface area contributed by atoms with E-state index in [0.29, 0.717) is 23.5 Å². The molecule has 1 aliphatic heterocycles. The molecule has 0 unspecified atom stereocenters. The summed E-state index contributed by atoms with van der Waals surface area (Å²) in [7, 11) is 1.65. The number of nitrogens with zero attached hydrogens (tertiary/aromatic N) is 6. The first-order valence-electron chi connectivity index (χ1n) is 9.69. The summed E-state index contributed by atoms with van der Waals surface area (Å²) in [6.07, 6.45) is 5.63. The molecule has 0 aromatic carbocycles. The zero-order valence-electron chi connectivity index (χ0n) is 16.5. The van der Waals surface area contributed by atoms with E-state index in [1.807, 2.05) is 6.20 Å². The van der Waals surface area contributed by atoms with Crippen molar-refractivity contribution in [2.75, 3.05) is 44.8 Å². The Labute approximate surface area is 168 Å². The van der Waals surface area contributed by atoms with Crippen LogP contribution in [0.5, 0.6) is 5.75 Å². The van der Waals surface area contributed by atoms with Gasteiger partial charge in [-0.2, -0.15) is 10.1 Å². The van der Waals surface area contributed by atoms with Crippen LogP contribution in [0.15, 0.2) is 18.5 Å². The summed E-state index contributed by atoms with van der Waals surface area (Å²) in [5, 5.41) is 13.5. The van der Waals surface area contributed by atoms with Gasteiger partial charge in [0.2, 0.25) is 5.95 Å². The van der Waals surface area contributed by atoms with Gasteiger partial charge in [-0.05, 0) is 43.5 Å². The number of aliphatic hydroxyl groups is 1. The zero-order valence-corrected chi connectivity index (χ0v) is 16.5. The summed E-state index contributed by atoms with van der Waals surface area (Å²) < 4.78 is 7.33. The molecule has 154 valence electrons. The summed E-state index contributed by atoms with van der Waals surface area (Å²) >= 11 is 0. The number of pyridine rings is 1. The van der Waals surface area contributed by atoms with Gasteiger partial charge in [0.05, 0.1) is 26.5 Å². The van der Waals surface area contributed by atoms with Crippen molar-refractivity contribution in [1.29, 1.82) is 0 Å². The van der Waals surface area contributed by atoms with Crippen LogP contribution < -0.4 is 16.2 Å². The smallest absolute Gasteiger partial charge is 0.222 e. The molecule has 0 atom stereocenters. The Morgan fingerprint density at radius 2 is 2.00 bits per heavy atom. The number of ether oxygens (including phenoxy) is 1. The van der Waals surface area contributed by atoms with Crippen molar-refractivity contribution in [2.24, 2.45) is 0 Å². The third kappa shape index (κ3) is 3.94. The molecule has 10 nitrogen and oxygen atoms in total. The molecule has 0 saturated carbocycles. The Bertz CT molecular complexity index is 997. The lowest BCUT2D eigenvalue weighted by atomic mass is 9.90. The SMILES string of the molecule is COc1cc(C2CCN(CCO)CC2)cnc1Cn1ncc2nc(N)nc(N)c21. The highest BCUT2D eigenvalue weighted by Gasteiger charge is 2.22. The minimum Gasteiger partial charge on any atom is -0.495 e. The van der Waals surface area contributed by atoms with Crippen LogP contribution in [0, 0.1) is 0 Å². The van der Waals surface area contributed by atoms with Gasteiger partial charge in [-0.1, -0.05) is 0 Å². The standard InChI is InChI=1S/C19H26N8O2/c1-29-16-8-13(12-2-4-26(5-3-12)6-7-28)9-22-15(16)11-27-17-14(10-23-27)24-19(21)25-18(17)20/h8-10,12,28H,2-7,11H2,1H3,(H4,20,21,24,25). The number of piperidine rings is 1. The Balaban J connectivity index is 1.55. The number of anilines is 2. The van der Waals surface area contributed by atoms with Crippen LogP contribution in [-0.2, 0) is 6.54 Å². The number of hydrogen-bond acceptors (Lipinski definition) is 9. The number of fused-ring (bicyclic) bond motifs is 1. The van der Waals surface area contributed by atoms with Crippen molar-refractivity contribution in [3.05, 3.63) is 29.7 Å². The Hall–Kier alpha value is -2.98. The van der Waals surface area contributed by atoms with Gasteiger partial charge in [-0.3, -0.25) is 9.67 Å². The fourth-order valence-corrected chi connectivity index (χ4v) is 3.95. The van der Waals surface area contributed by atoms with Crippen LogP contribution in [0.1, 0.15) is 30.0 Å². The highest BCUT2D eigenvalue weighted by molar-refractivity contribution is 5.85. The minimum atomic E-state index is 0.125. The van der Waals surface area contributed by atoms with Gasteiger partial charge in [-0.25, -0.2) is 4.98 Å². The molecule has 29 heavy (non-hydrogen) atoms. The molecule has 4 heterocycles. The van der Waals surface area contributed by atoms with Crippen molar-refractivity contribution in [3.63, 3.8) is 0 Å². The maximum absolute atomic E-state index is 9.11. The van der Waals surface area contributed by atoms with E-state index in [0.717, 1.165) is 43.9 Å². The summed E-state index contributed by atoms with van der Waals surface area (Å²) in [5.74, 6) is 1.58. The second-order valence-electron chi connectivity index (χ2n) is 7.26. The van der Waals surface area contributed by atoms with Gasteiger partial charge in [0, 0.05) is 12.7 Å². The predicted molar refractivity (Wildman–Crippen MR) is 110 cm³/mol. The number of aliphatic hydroxyl groups excluding tert-OH is 1. The molecule has 4 rings (SSSR count). The first-order chi connectivity index (χ1) is 14.1. The van der Waals surface area contributed by atoms with Crippen molar-refractivity contribution in [3.8, 4) is 5.75 Å². The molecular weight excluding hydrogens is 372 g/mol. The number of hydrogen-bond donors (Lipinski definition) is 3. The Kier molecular flexibility index (Phi) is 5.45. The van der Waals surface area contributed by atoms with E-state index in [2.05, 4.69) is 31.0 Å². The molecule has 0 bridgehead atoms. The number of aromatic nitrogens is 5. The largest absolute Gasteiger partial charge is 0.495 e. The summed E-state index contributed by atoms with van der Waals surface area (Å²) in [6, 6.07) is 2.07. The highest BCUT2D eigenvalue weighted by Crippen LogP contribution is 2.31. The van der Waals surface area contributed by atoms with Gasteiger partial charge in [-0.15, -0.1) is 0 Å². The lowest BCUT2D eigenvalue weighted by molar-refractivity contribution is 0.164. The van der Waals surface area contributed by atoms with Crippen molar-refractivity contribution in [1.82, 2.24) is 29.6 Å². The lowest BCUT2D eigenvalue weighted by Crippen LogP contribution is -2.35. The third-order valence-electron chi connectivity index (χ3n) is 5.48. The third-order valence-corrected chi connectivity index (χ3v) is 5.48. The summed E-state index contributed by atoms with van der Waals surface area (Å²) in [4.78, 5) is 15.1. The zero-order chi connectivity index (χ0) is 20.4. The van der Waals surface area contributed by atoms with E-state index >= 15 is 0 Å². The maximum Gasteiger partial charge on any atom is 0.222 e. The molecule has 0 spiro atoms. The van der Waals surface area contributed by atoms with Gasteiger partial charge in [0.25, 0.3) is 0 Å². The van der Waals surface area contributed by atoms with Crippen molar-refractivity contribution >= 4 is 22.8 Å². The number of likely N-dealkylation sites (tertiary alicyclic amines) is 1. The second-order valence-corrected chi connectivity index (χ2v) is 7.26. The number of methoxy groups -OCH3 is 1. The van der Waals surface area contributed by atoms with Crippen molar-refractivity contribution in [2.45, 2.75) is 25.3 Å². The molecule has 3 aromatic rings. The summed E-state index contributed by atoms with van der Waals surface area (Å²) in [5.41, 5.74) is 14.8. The number of nitrogens with two attached hydrogens (primary N) is 2. The van der Waals surface area contributed by atoms with E-state index in [1.165, 1.54) is 5.56 Å². The normalized spacial score (nSPS) is 15.8. The molecule has 0 amide bonds. The van der Waals surface area contributed by atoms with Crippen LogP contribution in [0.2, 0.25) is 0 Å². The monoisotopic (exact) mass is 398 g/mol. The molecule has 0 aliphatic carbocycles. The molecule has 1 saturated heterocycles. The van der Waals surface area contributed by atoms with E-state index in [1.54, 1.807) is 18.0 Å². The average Bonchev–Trinajstić information content (AvgIpc) is 3.12. The quantitative estimate of drug-likeness (QED) is 0.544. The van der Waals surface area contributed by atoms with Crippen molar-refractivity contribution < 1.29 is 9.84 Å². The molecular formula is C19H26N8O2. The number of rotatable bonds is 6. The average molecular weight is 398 g/mol. The van der Waals surface area contributed by atoms with Crippen LogP contribution in [0.4, 0.5) is 11.8 Å². The molecule has 3 aromatic heterocycles. The lowest BCUT2D eigenvalue weighted by Gasteiger charge is -2.31. The Morgan fingerprint density at radius 1 is 1.21 bits per heavy atom. The summed E-state index contributed by atoms with van der Waals surface area (Å²) in [6.45, 7) is 3.30. The van der Waals surface area contributed by atoms with E-state index in [-0.39, 0.29) is 18.4 Å². The Morgan fingerprint density at radius 3 is 2.72 bits per heavy atom. The molecule has 1 fully saturated rings. The van der Waals surface area contributed by atoms with E-state index in [9.17, 15) is 0 Å². The van der Waals surface area contributed by atoms with Crippen LogP contribution >= 0.6 is 0 Å². The van der Waals surface area contributed by atoms with Gasteiger partial charge >= 0.3 is 0 Å². The van der Waals surface area contributed by atoms with Crippen LogP contribution in [-0.4, -0.2) is 68.1 Å². The maximum atomic E-state index is 9.11. The fraction of sp³-hybridized carbons (Fsp3) is 0.474. The second kappa shape index (κ2) is 8.18. The van der Waals surface area contributed by atoms with E-state index in [4.69, 9.17) is 21.3 Å². The molecule has 10 heteroatoms. The van der Waals surface area contributed by atoms with E-state index < -0.39 is 0 Å². The predicted octanol–water partition coefficient (Wildman–Crippen LogP) is 0.614. The van der Waals surface area contributed by atoms with Gasteiger partial charge in [0.1, 0.15) is 22.5 Å².